The highest BCUT2D eigenvalue weighted by molar-refractivity contribution is 7.89. The van der Waals surface area contributed by atoms with Gasteiger partial charge in [-0.05, 0) is 66.3 Å². The van der Waals surface area contributed by atoms with Crippen molar-refractivity contribution in [1.29, 1.82) is 5.26 Å². The van der Waals surface area contributed by atoms with Crippen LogP contribution in [0.15, 0.2) is 71.6 Å². The highest BCUT2D eigenvalue weighted by Crippen LogP contribution is 2.42. The van der Waals surface area contributed by atoms with E-state index in [1.165, 1.54) is 0 Å². The van der Waals surface area contributed by atoms with Crippen molar-refractivity contribution < 1.29 is 55.5 Å². The summed E-state index contributed by atoms with van der Waals surface area (Å²) >= 11 is 0. The first-order chi connectivity index (χ1) is 24.8. The van der Waals surface area contributed by atoms with E-state index in [9.17, 15) is 27.1 Å². The van der Waals surface area contributed by atoms with Crippen LogP contribution >= 0.6 is 0 Å². The molecule has 2 saturated heterocycles. The number of amides is 1. The van der Waals surface area contributed by atoms with Gasteiger partial charge in [-0.2, -0.15) is 9.57 Å². The van der Waals surface area contributed by atoms with Crippen molar-refractivity contribution in [2.45, 2.75) is 69.0 Å². The minimum Gasteiger partial charge on any atom is -0.489 e. The molecule has 2 N–H and O–H groups in total. The van der Waals surface area contributed by atoms with Crippen LogP contribution in [0.1, 0.15) is 37.0 Å². The van der Waals surface area contributed by atoms with Crippen molar-refractivity contribution in [2.24, 2.45) is 11.8 Å². The van der Waals surface area contributed by atoms with E-state index in [-0.39, 0.29) is 48.7 Å². The monoisotopic (exact) mass is 743 g/mol. The molecule has 2 unspecified atom stereocenters. The third-order valence-corrected chi connectivity index (χ3v) is 10.6. The molecule has 278 valence electrons. The number of alkyl carbamates (subject to hydrolysis) is 1. The Morgan fingerprint density at radius 3 is 2.58 bits per heavy atom. The lowest BCUT2D eigenvalue weighted by atomic mass is 10.0. The zero-order valence-corrected chi connectivity index (χ0v) is 29.3. The van der Waals surface area contributed by atoms with Crippen molar-refractivity contribution in [1.82, 2.24) is 9.62 Å². The Balaban J connectivity index is 1.19. The van der Waals surface area contributed by atoms with Crippen molar-refractivity contribution in [3.63, 3.8) is 0 Å². The number of ether oxygens (including phenoxy) is 6. The van der Waals surface area contributed by atoms with E-state index in [1.54, 1.807) is 56.3 Å². The number of nitriles is 1. The van der Waals surface area contributed by atoms with Gasteiger partial charge in [0.05, 0.1) is 47.8 Å². The summed E-state index contributed by atoms with van der Waals surface area (Å²) in [5.41, 5.74) is 2.02. The highest BCUT2D eigenvalue weighted by atomic mass is 32.2. The van der Waals surface area contributed by atoms with Gasteiger partial charge in [-0.25, -0.2) is 13.2 Å². The number of nitrogens with zero attached hydrogens (tertiary/aromatic N) is 2. The smallest absolute Gasteiger partial charge is 0.489 e. The van der Waals surface area contributed by atoms with Gasteiger partial charge in [-0.15, -0.1) is 8.78 Å². The molecule has 0 radical (unpaired) electrons. The number of carbonyl (C=O) groups excluding carboxylic acids is 1. The standard InChI is InChI=1S/C36H39F2N3O10S/c1-22(2)18-41(52(44,45)27-10-11-31-32(16-27)51-36(37,38)50-31)19-30(42)29(40-35(43)49-33-21-48-34-28(33)12-13-46-34)15-23-6-8-26(9-7-23)47-20-25-5-3-4-24(14-25)17-39/h3-11,14,16,22,28-30,33-34,42H,12-13,15,18-21H2,1-2H3,(H,40,43)/t28?,29-,30+,33-,34?/m0/s1. The first kappa shape index (κ1) is 37.2. The molecule has 6 rings (SSSR count). The van der Waals surface area contributed by atoms with Crippen LogP contribution in [-0.2, 0) is 37.3 Å². The number of rotatable bonds is 14. The number of aliphatic hydroxyl groups is 1. The van der Waals surface area contributed by atoms with Crippen molar-refractivity contribution in [3.8, 4) is 23.3 Å². The molecule has 3 aromatic rings. The van der Waals surface area contributed by atoms with Gasteiger partial charge in [-0.1, -0.05) is 38.1 Å². The topological polar surface area (TPSA) is 166 Å². The number of sulfonamides is 1. The lowest BCUT2D eigenvalue weighted by molar-refractivity contribution is -0.286. The van der Waals surface area contributed by atoms with Gasteiger partial charge in [0, 0.05) is 19.2 Å². The second-order valence-corrected chi connectivity index (χ2v) is 15.2. The van der Waals surface area contributed by atoms with E-state index in [2.05, 4.69) is 20.9 Å². The number of fused-ring (bicyclic) bond motifs is 2. The first-order valence-electron chi connectivity index (χ1n) is 16.8. The van der Waals surface area contributed by atoms with Gasteiger partial charge in [0.1, 0.15) is 18.5 Å². The molecule has 0 bridgehead atoms. The van der Waals surface area contributed by atoms with Crippen LogP contribution in [0.4, 0.5) is 13.6 Å². The summed E-state index contributed by atoms with van der Waals surface area (Å²) < 4.78 is 87.8. The quantitative estimate of drug-likeness (QED) is 0.238. The number of hydrogen-bond acceptors (Lipinski definition) is 11. The average molecular weight is 744 g/mol. The Labute approximate surface area is 300 Å². The summed E-state index contributed by atoms with van der Waals surface area (Å²) in [6.07, 6.45) is -6.49. The van der Waals surface area contributed by atoms with Crippen molar-refractivity contribution in [2.75, 3.05) is 26.3 Å². The Bertz CT molecular complexity index is 1890. The predicted molar refractivity (Wildman–Crippen MR) is 179 cm³/mol. The maximum atomic E-state index is 13.9. The van der Waals surface area contributed by atoms with Crippen LogP contribution in [0.2, 0.25) is 0 Å². The molecule has 52 heavy (non-hydrogen) atoms. The van der Waals surface area contributed by atoms with Crippen LogP contribution in [0.3, 0.4) is 0 Å². The SMILES string of the molecule is CC(C)CN(C[C@@H](O)[C@H](Cc1ccc(OCc2cccc(C#N)c2)cc1)NC(=O)O[C@H]1COC2OCCC21)S(=O)(=O)c1ccc2c(c1)OC(F)(F)O2. The highest BCUT2D eigenvalue weighted by Gasteiger charge is 2.45. The third-order valence-electron chi connectivity index (χ3n) is 8.82. The molecule has 5 atom stereocenters. The fraction of sp³-hybridized carbons (Fsp3) is 0.444. The zero-order chi connectivity index (χ0) is 37.0. The van der Waals surface area contributed by atoms with E-state index >= 15 is 0 Å². The van der Waals surface area contributed by atoms with Gasteiger partial charge < -0.3 is 38.8 Å². The molecule has 3 aliphatic rings. The summed E-state index contributed by atoms with van der Waals surface area (Å²) in [6, 6.07) is 18.2. The fourth-order valence-electron chi connectivity index (χ4n) is 6.28. The molecule has 0 spiro atoms. The zero-order valence-electron chi connectivity index (χ0n) is 28.4. The van der Waals surface area contributed by atoms with E-state index < -0.39 is 59.2 Å². The number of hydrogen-bond donors (Lipinski definition) is 2. The minimum absolute atomic E-state index is 0.0348. The molecule has 0 aromatic heterocycles. The Hall–Kier alpha value is -4.53. The van der Waals surface area contributed by atoms with Gasteiger partial charge in [0.2, 0.25) is 10.0 Å². The molecule has 0 aliphatic carbocycles. The molecule has 13 nitrogen and oxygen atoms in total. The number of benzene rings is 3. The van der Waals surface area contributed by atoms with Crippen LogP contribution in [-0.4, -0.2) is 81.1 Å². The normalized spacial score (nSPS) is 21.4. The van der Waals surface area contributed by atoms with Crippen LogP contribution < -0.4 is 19.5 Å². The Morgan fingerprint density at radius 1 is 1.06 bits per heavy atom. The summed E-state index contributed by atoms with van der Waals surface area (Å²) in [4.78, 5) is 12.9. The number of carbonyl (C=O) groups is 1. The molecular weight excluding hydrogens is 704 g/mol. The van der Waals surface area contributed by atoms with E-state index in [0.717, 1.165) is 28.1 Å². The minimum atomic E-state index is -4.37. The Kier molecular flexibility index (Phi) is 11.2. The second-order valence-electron chi connectivity index (χ2n) is 13.2. The molecule has 3 aliphatic heterocycles. The largest absolute Gasteiger partial charge is 0.586 e. The number of alkyl halides is 2. The molecule has 3 aromatic carbocycles. The molecule has 1 amide bonds. The van der Waals surface area contributed by atoms with Gasteiger partial charge >= 0.3 is 12.4 Å². The van der Waals surface area contributed by atoms with Crippen molar-refractivity contribution in [3.05, 3.63) is 83.4 Å². The number of aliphatic hydroxyl groups excluding tert-OH is 1. The van der Waals surface area contributed by atoms with Crippen LogP contribution in [0, 0.1) is 23.2 Å². The average Bonchev–Trinajstić information content (AvgIpc) is 3.81. The Morgan fingerprint density at radius 2 is 1.83 bits per heavy atom. The summed E-state index contributed by atoms with van der Waals surface area (Å²) in [7, 11) is -4.37. The molecule has 0 saturated carbocycles. The van der Waals surface area contributed by atoms with Gasteiger partial charge in [-0.3, -0.25) is 0 Å². The first-order valence-corrected chi connectivity index (χ1v) is 18.2. The van der Waals surface area contributed by atoms with Gasteiger partial charge in [0.25, 0.3) is 0 Å². The maximum absolute atomic E-state index is 13.9. The van der Waals surface area contributed by atoms with E-state index in [4.69, 9.17) is 24.2 Å². The maximum Gasteiger partial charge on any atom is 0.586 e. The lowest BCUT2D eigenvalue weighted by Gasteiger charge is -2.31. The molecule has 16 heteroatoms. The van der Waals surface area contributed by atoms with E-state index in [1.807, 2.05) is 6.07 Å². The molecular formula is C36H39F2N3O10S. The summed E-state index contributed by atoms with van der Waals surface area (Å²) in [6.45, 7) is 3.95. The summed E-state index contributed by atoms with van der Waals surface area (Å²) in [5.74, 6) is -0.531. The second kappa shape index (κ2) is 15.6. The van der Waals surface area contributed by atoms with E-state index in [0.29, 0.717) is 29.9 Å². The van der Waals surface area contributed by atoms with Crippen molar-refractivity contribution >= 4 is 16.1 Å². The van der Waals surface area contributed by atoms with Gasteiger partial charge in [0.15, 0.2) is 17.8 Å². The molecule has 2 fully saturated rings. The van der Waals surface area contributed by atoms with Crippen LogP contribution in [0.5, 0.6) is 17.2 Å². The predicted octanol–water partition coefficient (Wildman–Crippen LogP) is 4.57. The third kappa shape index (κ3) is 8.91. The fourth-order valence-corrected chi connectivity index (χ4v) is 7.92. The number of nitrogens with one attached hydrogen (secondary N) is 1. The lowest BCUT2D eigenvalue weighted by Crippen LogP contribution is -2.51. The van der Waals surface area contributed by atoms with Crippen LogP contribution in [0.25, 0.3) is 0 Å². The summed E-state index contributed by atoms with van der Waals surface area (Å²) in [5, 5.41) is 23.5. The molecule has 3 heterocycles. The number of halogens is 2.